The average molecular weight is 491 g/mol. The van der Waals surface area contributed by atoms with E-state index in [-0.39, 0.29) is 37.6 Å². The molecule has 1 aliphatic carbocycles. The van der Waals surface area contributed by atoms with Crippen LogP contribution in [0.1, 0.15) is 51.4 Å². The summed E-state index contributed by atoms with van der Waals surface area (Å²) in [5, 5.41) is 20.2. The van der Waals surface area contributed by atoms with Crippen molar-refractivity contribution in [3.63, 3.8) is 0 Å². The van der Waals surface area contributed by atoms with Crippen molar-refractivity contribution in [2.24, 2.45) is 11.8 Å². The fraction of sp³-hybridized carbons (Fsp3) is 0.667. The number of hydrogen-bond donors (Lipinski definition) is 2. The van der Waals surface area contributed by atoms with Gasteiger partial charge in [0.2, 0.25) is 0 Å². The Labute approximate surface area is 207 Å². The Morgan fingerprint density at radius 2 is 1.77 bits per heavy atom. The van der Waals surface area contributed by atoms with Gasteiger partial charge in [0.25, 0.3) is 0 Å². The van der Waals surface area contributed by atoms with Gasteiger partial charge in [-0.3, -0.25) is 4.79 Å². The van der Waals surface area contributed by atoms with Crippen molar-refractivity contribution >= 4 is 5.97 Å². The highest BCUT2D eigenvalue weighted by molar-refractivity contribution is 5.67. The van der Waals surface area contributed by atoms with Crippen molar-refractivity contribution in [3.05, 3.63) is 42.5 Å². The Bertz CT molecular complexity index is 788. The molecule has 0 radical (unpaired) electrons. The van der Waals surface area contributed by atoms with Crippen LogP contribution in [0.3, 0.4) is 0 Å². The Morgan fingerprint density at radius 1 is 1.06 bits per heavy atom. The van der Waals surface area contributed by atoms with Crippen molar-refractivity contribution in [2.45, 2.75) is 82.3 Å². The van der Waals surface area contributed by atoms with Crippen molar-refractivity contribution < 1.29 is 38.7 Å². The van der Waals surface area contributed by atoms with Gasteiger partial charge in [-0.05, 0) is 50.7 Å². The first-order chi connectivity index (χ1) is 17.1. The summed E-state index contributed by atoms with van der Waals surface area (Å²) in [4.78, 5) is 11.5. The third-order valence-electron chi connectivity index (χ3n) is 6.94. The van der Waals surface area contributed by atoms with Gasteiger partial charge in [0.05, 0.1) is 18.6 Å². The fourth-order valence-electron chi connectivity index (χ4n) is 5.10. The molecule has 7 atom stereocenters. The quantitative estimate of drug-likeness (QED) is 0.450. The Morgan fingerprint density at radius 3 is 2.43 bits per heavy atom. The second-order valence-corrected chi connectivity index (χ2v) is 9.59. The molecule has 0 bridgehead atoms. The standard InChI is InChI=1S/C27H38O8/c28-23-17-24(35-27-11-5-7-15-32-27)21(22(23)16-25(29)30)13-12-20(34-26-10-4-6-14-31-26)18-33-19-8-2-1-3-9-19/h1-3,8-9,12-13,20-24,26-28H,4-7,10-11,14-18H2,(H,29,30). The molecular formula is C27H38O8. The van der Waals surface area contributed by atoms with Gasteiger partial charge in [-0.2, -0.15) is 0 Å². The predicted molar refractivity (Wildman–Crippen MR) is 128 cm³/mol. The van der Waals surface area contributed by atoms with E-state index in [0.29, 0.717) is 19.6 Å². The summed E-state index contributed by atoms with van der Waals surface area (Å²) in [6.45, 7) is 1.62. The average Bonchev–Trinajstić information content (AvgIpc) is 3.15. The molecule has 2 N–H and O–H groups in total. The molecule has 35 heavy (non-hydrogen) atoms. The van der Waals surface area contributed by atoms with Crippen LogP contribution in [0, 0.1) is 11.8 Å². The molecule has 2 aliphatic heterocycles. The van der Waals surface area contributed by atoms with E-state index in [1.165, 1.54) is 0 Å². The Hall–Kier alpha value is -1.97. The van der Waals surface area contributed by atoms with E-state index < -0.39 is 24.1 Å². The lowest BCUT2D eigenvalue weighted by molar-refractivity contribution is -0.193. The molecule has 194 valence electrons. The minimum atomic E-state index is -0.933. The highest BCUT2D eigenvalue weighted by Crippen LogP contribution is 2.39. The largest absolute Gasteiger partial charge is 0.491 e. The van der Waals surface area contributed by atoms with Crippen LogP contribution in [-0.2, 0) is 23.7 Å². The number of aliphatic carboxylic acids is 1. The first-order valence-corrected chi connectivity index (χ1v) is 12.9. The molecular weight excluding hydrogens is 452 g/mol. The maximum Gasteiger partial charge on any atom is 0.303 e. The molecule has 0 spiro atoms. The van der Waals surface area contributed by atoms with E-state index in [2.05, 4.69) is 0 Å². The number of rotatable bonds is 11. The van der Waals surface area contributed by atoms with Crippen LogP contribution < -0.4 is 4.74 Å². The third-order valence-corrected chi connectivity index (χ3v) is 6.94. The highest BCUT2D eigenvalue weighted by atomic mass is 16.7. The number of carbonyl (C=O) groups is 1. The maximum atomic E-state index is 11.5. The molecule has 3 fully saturated rings. The molecule has 1 aromatic rings. The van der Waals surface area contributed by atoms with Crippen LogP contribution in [0.5, 0.6) is 5.75 Å². The lowest BCUT2D eigenvalue weighted by Crippen LogP contribution is -2.32. The molecule has 0 amide bonds. The topological polar surface area (TPSA) is 104 Å². The molecule has 8 nitrogen and oxygen atoms in total. The molecule has 8 heteroatoms. The fourth-order valence-corrected chi connectivity index (χ4v) is 5.10. The van der Waals surface area contributed by atoms with Crippen molar-refractivity contribution in [2.75, 3.05) is 19.8 Å². The number of benzene rings is 1. The van der Waals surface area contributed by atoms with Crippen LogP contribution in [-0.4, -0.2) is 66.9 Å². The summed E-state index contributed by atoms with van der Waals surface area (Å²) in [6, 6.07) is 9.54. The first-order valence-electron chi connectivity index (χ1n) is 12.9. The Kier molecular flexibility index (Phi) is 9.97. The monoisotopic (exact) mass is 490 g/mol. The zero-order valence-corrected chi connectivity index (χ0v) is 20.2. The molecule has 0 aromatic heterocycles. The van der Waals surface area contributed by atoms with Gasteiger partial charge in [-0.15, -0.1) is 0 Å². The smallest absolute Gasteiger partial charge is 0.303 e. The lowest BCUT2D eigenvalue weighted by Gasteiger charge is -2.29. The second kappa shape index (κ2) is 13.4. The normalized spacial score (nSPS) is 32.5. The first kappa shape index (κ1) is 26.1. The molecule has 2 heterocycles. The SMILES string of the molecule is O=C(O)CC1C(O)CC(OC2CCCCO2)C1C=CC(COc1ccccc1)OC1CCCCO1. The number of aliphatic hydroxyl groups excluding tert-OH is 1. The van der Waals surface area contributed by atoms with E-state index >= 15 is 0 Å². The summed E-state index contributed by atoms with van der Waals surface area (Å²) in [6.07, 6.45) is 7.78. The van der Waals surface area contributed by atoms with Gasteiger partial charge in [0.1, 0.15) is 18.5 Å². The van der Waals surface area contributed by atoms with E-state index in [1.807, 2.05) is 42.5 Å². The molecule has 7 unspecified atom stereocenters. The van der Waals surface area contributed by atoms with Crippen LogP contribution in [0.15, 0.2) is 42.5 Å². The Balaban J connectivity index is 1.47. The highest BCUT2D eigenvalue weighted by Gasteiger charge is 2.44. The lowest BCUT2D eigenvalue weighted by atomic mass is 9.90. The van der Waals surface area contributed by atoms with Crippen LogP contribution >= 0.6 is 0 Å². The van der Waals surface area contributed by atoms with E-state index in [1.54, 1.807) is 0 Å². The molecule has 1 saturated carbocycles. The zero-order valence-electron chi connectivity index (χ0n) is 20.2. The minimum absolute atomic E-state index is 0.126. The maximum absolute atomic E-state index is 11.5. The third kappa shape index (κ3) is 8.02. The van der Waals surface area contributed by atoms with Gasteiger partial charge in [0.15, 0.2) is 12.6 Å². The van der Waals surface area contributed by atoms with E-state index in [4.69, 9.17) is 23.7 Å². The number of para-hydroxylation sites is 1. The molecule has 1 aromatic carbocycles. The van der Waals surface area contributed by atoms with E-state index in [0.717, 1.165) is 44.3 Å². The summed E-state index contributed by atoms with van der Waals surface area (Å²) in [7, 11) is 0. The van der Waals surface area contributed by atoms with Crippen molar-refractivity contribution in [3.8, 4) is 5.75 Å². The summed E-state index contributed by atoms with van der Waals surface area (Å²) in [5.41, 5.74) is 0. The summed E-state index contributed by atoms with van der Waals surface area (Å²) in [5.74, 6) is -0.909. The van der Waals surface area contributed by atoms with Crippen LogP contribution in [0.4, 0.5) is 0 Å². The number of carboxylic acids is 1. The van der Waals surface area contributed by atoms with Gasteiger partial charge < -0.3 is 33.9 Å². The number of carboxylic acid groups (broad SMARTS) is 1. The number of hydrogen-bond acceptors (Lipinski definition) is 7. The van der Waals surface area contributed by atoms with E-state index in [9.17, 15) is 15.0 Å². The van der Waals surface area contributed by atoms with Crippen LogP contribution in [0.2, 0.25) is 0 Å². The predicted octanol–water partition coefficient (Wildman–Crippen LogP) is 3.92. The van der Waals surface area contributed by atoms with Gasteiger partial charge >= 0.3 is 5.97 Å². The zero-order chi connectivity index (χ0) is 24.5. The second-order valence-electron chi connectivity index (χ2n) is 9.59. The van der Waals surface area contributed by atoms with Gasteiger partial charge in [0, 0.05) is 31.5 Å². The van der Waals surface area contributed by atoms with Crippen LogP contribution in [0.25, 0.3) is 0 Å². The van der Waals surface area contributed by atoms with Crippen molar-refractivity contribution in [1.82, 2.24) is 0 Å². The minimum Gasteiger partial charge on any atom is -0.491 e. The van der Waals surface area contributed by atoms with Gasteiger partial charge in [-0.1, -0.05) is 30.4 Å². The van der Waals surface area contributed by atoms with Gasteiger partial charge in [-0.25, -0.2) is 0 Å². The molecule has 3 aliphatic rings. The molecule has 4 rings (SSSR count). The summed E-state index contributed by atoms with van der Waals surface area (Å²) < 4.78 is 29.9. The molecule has 2 saturated heterocycles. The number of ether oxygens (including phenoxy) is 5. The summed E-state index contributed by atoms with van der Waals surface area (Å²) >= 11 is 0. The number of aliphatic hydroxyl groups is 1. The van der Waals surface area contributed by atoms with Crippen molar-refractivity contribution in [1.29, 1.82) is 0 Å².